The minimum Gasteiger partial charge on any atom is -0.444 e. The Balaban J connectivity index is 1.75. The molecule has 1 amide bonds. The molecular formula is C19H25BFN3O2. The number of benzene rings is 1. The summed E-state index contributed by atoms with van der Waals surface area (Å²) in [7, 11) is 1.49. The molecule has 138 valence electrons. The van der Waals surface area contributed by atoms with Crippen molar-refractivity contribution in [2.24, 2.45) is 0 Å². The first-order valence-corrected chi connectivity index (χ1v) is 8.92. The van der Waals surface area contributed by atoms with Crippen LogP contribution in [0.2, 0.25) is 0 Å². The predicted molar refractivity (Wildman–Crippen MR) is 101 cm³/mol. The topological polar surface area (TPSA) is 56.2 Å². The van der Waals surface area contributed by atoms with Gasteiger partial charge < -0.3 is 10.1 Å². The number of rotatable bonds is 4. The molecule has 1 fully saturated rings. The summed E-state index contributed by atoms with van der Waals surface area (Å²) in [6.07, 6.45) is 2.10. The second-order valence-electron chi connectivity index (χ2n) is 8.01. The first-order chi connectivity index (χ1) is 12.1. The minimum absolute atomic E-state index is 0.348. The summed E-state index contributed by atoms with van der Waals surface area (Å²) in [6.45, 7) is 7.39. The Labute approximate surface area is 154 Å². The fourth-order valence-electron chi connectivity index (χ4n) is 3.04. The molecule has 1 saturated carbocycles. The molecule has 5 nitrogen and oxygen atoms in total. The smallest absolute Gasteiger partial charge is 0.408 e. The van der Waals surface area contributed by atoms with Crippen LogP contribution < -0.4 is 5.32 Å². The highest BCUT2D eigenvalue weighted by atomic mass is 19.1. The molecule has 7 heteroatoms. The number of alkyl carbamates (subject to hydrolysis) is 1. The molecule has 0 aliphatic heterocycles. The number of hydrogen-bond donors (Lipinski definition) is 1. The van der Waals surface area contributed by atoms with E-state index < -0.39 is 17.8 Å². The number of aryl methyl sites for hydroxylation is 1. The van der Waals surface area contributed by atoms with Crippen molar-refractivity contribution in [2.75, 3.05) is 0 Å². The van der Waals surface area contributed by atoms with Gasteiger partial charge >= 0.3 is 6.09 Å². The van der Waals surface area contributed by atoms with Gasteiger partial charge in [0.1, 0.15) is 11.7 Å². The van der Waals surface area contributed by atoms with E-state index in [4.69, 9.17) is 4.74 Å². The van der Waals surface area contributed by atoms with E-state index in [1.165, 1.54) is 7.85 Å². The minimum atomic E-state index is -1.09. The molecule has 2 aromatic rings. The van der Waals surface area contributed by atoms with E-state index in [9.17, 15) is 9.18 Å². The second kappa shape index (κ2) is 6.45. The molecule has 0 saturated heterocycles. The van der Waals surface area contributed by atoms with Gasteiger partial charge in [0.15, 0.2) is 7.85 Å². The van der Waals surface area contributed by atoms with Crippen LogP contribution in [0.25, 0.3) is 5.69 Å². The number of alkyl halides is 1. The highest BCUT2D eigenvalue weighted by Crippen LogP contribution is 2.45. The standard InChI is InChI=1S/C19H25BFN3O2/c1-12-11-24(23-15(12)16(20)21)14-7-5-13(6-8-14)19(9-10-19)22-17(25)26-18(2,3)4/h5-8,11,16H,9-10,20H2,1-4H3,(H,22,25). The molecule has 1 N–H and O–H groups in total. The van der Waals surface area contributed by atoms with Crippen molar-refractivity contribution in [1.82, 2.24) is 15.1 Å². The summed E-state index contributed by atoms with van der Waals surface area (Å²) in [4.78, 5) is 12.1. The average molecular weight is 357 g/mol. The van der Waals surface area contributed by atoms with Crippen molar-refractivity contribution in [3.8, 4) is 5.69 Å². The number of halogens is 1. The number of carbonyl (C=O) groups is 1. The van der Waals surface area contributed by atoms with Gasteiger partial charge in [-0.05, 0) is 63.8 Å². The SMILES string of the molecule is BC(F)c1nn(-c2ccc(C3(NC(=O)OC(C)(C)C)CC3)cc2)cc1C. The van der Waals surface area contributed by atoms with Crippen LogP contribution in [0.4, 0.5) is 9.18 Å². The lowest BCUT2D eigenvalue weighted by Gasteiger charge is -2.23. The third kappa shape index (κ3) is 3.92. The third-order valence-corrected chi connectivity index (χ3v) is 4.49. The molecule has 0 spiro atoms. The quantitative estimate of drug-likeness (QED) is 0.855. The van der Waals surface area contributed by atoms with E-state index in [1.54, 1.807) is 4.68 Å². The molecular weight excluding hydrogens is 332 g/mol. The van der Waals surface area contributed by atoms with Gasteiger partial charge in [0.05, 0.1) is 16.9 Å². The van der Waals surface area contributed by atoms with Crippen LogP contribution >= 0.6 is 0 Å². The molecule has 1 heterocycles. The molecule has 3 rings (SSSR count). The van der Waals surface area contributed by atoms with E-state index in [0.717, 1.165) is 29.7 Å². The molecule has 26 heavy (non-hydrogen) atoms. The summed E-state index contributed by atoms with van der Waals surface area (Å²) < 4.78 is 20.6. The zero-order chi connectivity index (χ0) is 19.1. The summed E-state index contributed by atoms with van der Waals surface area (Å²) >= 11 is 0. The maximum Gasteiger partial charge on any atom is 0.408 e. The van der Waals surface area contributed by atoms with Crippen LogP contribution in [-0.2, 0) is 10.3 Å². The zero-order valence-electron chi connectivity index (χ0n) is 16.0. The van der Waals surface area contributed by atoms with Gasteiger partial charge in [0, 0.05) is 6.20 Å². The number of nitrogens with one attached hydrogen (secondary N) is 1. The van der Waals surface area contributed by atoms with Gasteiger partial charge in [-0.15, -0.1) is 0 Å². The first kappa shape index (κ1) is 18.5. The van der Waals surface area contributed by atoms with E-state index in [1.807, 2.05) is 58.2 Å². The summed E-state index contributed by atoms with van der Waals surface area (Å²) in [5.74, 6) is 0. The van der Waals surface area contributed by atoms with Crippen LogP contribution in [-0.4, -0.2) is 29.3 Å². The molecule has 1 aliphatic rings. The fraction of sp³-hybridized carbons (Fsp3) is 0.474. The molecule has 0 radical (unpaired) electrons. The van der Waals surface area contributed by atoms with Gasteiger partial charge in [-0.1, -0.05) is 12.1 Å². The van der Waals surface area contributed by atoms with E-state index in [-0.39, 0.29) is 5.54 Å². The average Bonchev–Trinajstić information content (AvgIpc) is 3.18. The molecule has 0 bridgehead atoms. The number of ether oxygens (including phenoxy) is 1. The maximum absolute atomic E-state index is 13.6. The first-order valence-electron chi connectivity index (χ1n) is 8.92. The maximum atomic E-state index is 13.6. The Hall–Kier alpha value is -2.31. The molecule has 1 aromatic carbocycles. The number of amides is 1. The number of nitrogens with zero attached hydrogens (tertiary/aromatic N) is 2. The van der Waals surface area contributed by atoms with E-state index in [0.29, 0.717) is 5.69 Å². The van der Waals surface area contributed by atoms with Crippen LogP contribution in [0.1, 0.15) is 56.5 Å². The van der Waals surface area contributed by atoms with Gasteiger partial charge in [0.25, 0.3) is 0 Å². The molecule has 1 unspecified atom stereocenters. The monoisotopic (exact) mass is 357 g/mol. The summed E-state index contributed by atoms with van der Waals surface area (Å²) in [6, 6.07) is 7.83. The largest absolute Gasteiger partial charge is 0.444 e. The van der Waals surface area contributed by atoms with Crippen molar-refractivity contribution in [1.29, 1.82) is 0 Å². The Bertz CT molecular complexity index is 805. The number of hydrogen-bond acceptors (Lipinski definition) is 3. The Morgan fingerprint density at radius 1 is 1.35 bits per heavy atom. The highest BCUT2D eigenvalue weighted by Gasteiger charge is 2.46. The van der Waals surface area contributed by atoms with Gasteiger partial charge in [0.2, 0.25) is 0 Å². The van der Waals surface area contributed by atoms with E-state index >= 15 is 0 Å². The highest BCUT2D eigenvalue weighted by molar-refractivity contribution is 6.11. The van der Waals surface area contributed by atoms with Crippen LogP contribution in [0.3, 0.4) is 0 Å². The van der Waals surface area contributed by atoms with Crippen molar-refractivity contribution < 1.29 is 13.9 Å². The number of carbonyl (C=O) groups excluding carboxylic acids is 1. The van der Waals surface area contributed by atoms with Crippen molar-refractivity contribution in [3.63, 3.8) is 0 Å². The second-order valence-corrected chi connectivity index (χ2v) is 8.01. The normalized spacial score (nSPS) is 16.8. The van der Waals surface area contributed by atoms with Gasteiger partial charge in [-0.3, -0.25) is 4.39 Å². The molecule has 1 aromatic heterocycles. The van der Waals surface area contributed by atoms with Crippen molar-refractivity contribution in [3.05, 3.63) is 47.3 Å². The molecule has 1 aliphatic carbocycles. The van der Waals surface area contributed by atoms with E-state index in [2.05, 4.69) is 10.4 Å². The fourth-order valence-corrected chi connectivity index (χ4v) is 3.04. The summed E-state index contributed by atoms with van der Waals surface area (Å²) in [5.41, 5.74) is 2.31. The zero-order valence-corrected chi connectivity index (χ0v) is 16.0. The van der Waals surface area contributed by atoms with Crippen molar-refractivity contribution in [2.45, 2.75) is 57.7 Å². The Morgan fingerprint density at radius 2 is 1.96 bits per heavy atom. The lowest BCUT2D eigenvalue weighted by molar-refractivity contribution is 0.0495. The van der Waals surface area contributed by atoms with Crippen LogP contribution in [0.15, 0.2) is 30.5 Å². The predicted octanol–water partition coefficient (Wildman–Crippen LogP) is 3.30. The lowest BCUT2D eigenvalue weighted by atomic mass is 9.97. The van der Waals surface area contributed by atoms with Gasteiger partial charge in [-0.25, -0.2) is 9.48 Å². The Kier molecular flexibility index (Phi) is 4.59. The lowest BCUT2D eigenvalue weighted by Crippen LogP contribution is -2.39. The van der Waals surface area contributed by atoms with Crippen LogP contribution in [0.5, 0.6) is 0 Å². The number of aromatic nitrogens is 2. The van der Waals surface area contributed by atoms with Crippen molar-refractivity contribution >= 4 is 13.9 Å². The Morgan fingerprint density at radius 3 is 2.42 bits per heavy atom. The molecule has 1 atom stereocenters. The van der Waals surface area contributed by atoms with Crippen LogP contribution in [0, 0.1) is 6.92 Å². The third-order valence-electron chi connectivity index (χ3n) is 4.49. The summed E-state index contributed by atoms with van der Waals surface area (Å²) in [5, 5.41) is 7.32. The van der Waals surface area contributed by atoms with Gasteiger partial charge in [-0.2, -0.15) is 5.10 Å².